The van der Waals surface area contributed by atoms with Crippen LogP contribution in [0, 0.1) is 23.5 Å². The van der Waals surface area contributed by atoms with Crippen molar-refractivity contribution in [1.29, 1.82) is 0 Å². The molecule has 2 aromatic heterocycles. The van der Waals surface area contributed by atoms with Gasteiger partial charge in [0, 0.05) is 60.1 Å². The monoisotopic (exact) mass is 857 g/mol. The van der Waals surface area contributed by atoms with Gasteiger partial charge in [-0.3, -0.25) is 19.2 Å². The van der Waals surface area contributed by atoms with Crippen LogP contribution in [-0.2, 0) is 45.1 Å². The predicted octanol–water partition coefficient (Wildman–Crippen LogP) is 5.90. The van der Waals surface area contributed by atoms with E-state index < -0.39 is 24.2 Å². The van der Waals surface area contributed by atoms with Gasteiger partial charge in [0.05, 0.1) is 23.5 Å². The minimum atomic E-state index is -0.693. The van der Waals surface area contributed by atoms with Crippen molar-refractivity contribution in [2.75, 3.05) is 27.2 Å². The number of halogens is 2. The van der Waals surface area contributed by atoms with Crippen LogP contribution in [0.3, 0.4) is 0 Å². The average Bonchev–Trinajstić information content (AvgIpc) is 4.07. The summed E-state index contributed by atoms with van der Waals surface area (Å²) in [7, 11) is 3.43. The van der Waals surface area contributed by atoms with Gasteiger partial charge in [-0.15, -0.1) is 0 Å². The number of carbonyl (C=O) groups excluding carboxylic acids is 4. The summed E-state index contributed by atoms with van der Waals surface area (Å²) >= 11 is 0. The van der Waals surface area contributed by atoms with Crippen LogP contribution >= 0.6 is 0 Å². The highest BCUT2D eigenvalue weighted by Crippen LogP contribution is 2.45. The quantitative estimate of drug-likeness (QED) is 0.111. The summed E-state index contributed by atoms with van der Waals surface area (Å²) in [5.41, 5.74) is 5.51. The van der Waals surface area contributed by atoms with Crippen molar-refractivity contribution in [2.45, 2.75) is 142 Å². The lowest BCUT2D eigenvalue weighted by Gasteiger charge is -2.33. The van der Waals surface area contributed by atoms with Gasteiger partial charge in [-0.25, -0.2) is 8.78 Å². The number of aryl methyl sites for hydroxylation is 2. The molecule has 2 aromatic carbocycles. The van der Waals surface area contributed by atoms with Crippen molar-refractivity contribution in [2.24, 2.45) is 11.8 Å². The number of hydrogen-bond acceptors (Lipinski definition) is 6. The van der Waals surface area contributed by atoms with E-state index in [0.29, 0.717) is 51.9 Å². The summed E-state index contributed by atoms with van der Waals surface area (Å²) in [4.78, 5) is 59.2. The van der Waals surface area contributed by atoms with Crippen LogP contribution < -0.4 is 21.3 Å². The van der Waals surface area contributed by atoms with Gasteiger partial charge in [-0.2, -0.15) is 0 Å². The number of amides is 4. The van der Waals surface area contributed by atoms with E-state index in [1.165, 1.54) is 12.1 Å². The van der Waals surface area contributed by atoms with Gasteiger partial charge in [0.15, 0.2) is 0 Å². The molecule has 62 heavy (non-hydrogen) atoms. The summed E-state index contributed by atoms with van der Waals surface area (Å²) in [5, 5.41) is 13.6. The van der Waals surface area contributed by atoms with Crippen molar-refractivity contribution >= 4 is 45.4 Å². The Morgan fingerprint density at radius 3 is 1.37 bits per heavy atom. The fraction of sp³-hybridized carbons (Fsp3) is 0.583. The molecule has 0 radical (unpaired) electrons. The molecule has 2 unspecified atom stereocenters. The highest BCUT2D eigenvalue weighted by atomic mass is 19.1. The summed E-state index contributed by atoms with van der Waals surface area (Å²) in [6, 6.07) is 7.13. The molecule has 0 saturated carbocycles. The van der Waals surface area contributed by atoms with Crippen LogP contribution in [0.25, 0.3) is 33.2 Å². The van der Waals surface area contributed by atoms with E-state index in [0.717, 1.165) is 70.0 Å². The first-order valence-corrected chi connectivity index (χ1v) is 22.9. The molecule has 4 amide bonds. The second-order valence-corrected chi connectivity index (χ2v) is 18.1. The fourth-order valence-corrected chi connectivity index (χ4v) is 10.1. The van der Waals surface area contributed by atoms with E-state index in [4.69, 9.17) is 0 Å². The Labute approximate surface area is 364 Å². The number of benzene rings is 2. The zero-order valence-corrected chi connectivity index (χ0v) is 37.7. The first-order chi connectivity index (χ1) is 29.7. The largest absolute Gasteiger partial charge is 0.343 e. The van der Waals surface area contributed by atoms with E-state index in [2.05, 4.69) is 30.4 Å². The second-order valence-electron chi connectivity index (χ2n) is 18.1. The summed E-state index contributed by atoms with van der Waals surface area (Å²) in [6.45, 7) is 13.9. The van der Waals surface area contributed by atoms with Gasteiger partial charge in [-0.05, 0) is 126 Å². The summed E-state index contributed by atoms with van der Waals surface area (Å²) < 4.78 is 35.3. The standard InChI is InChI=1S/C48H66F2N8O4/c1-9-27(3)41(53-45(59)29(5)51-7)47(61)55-19-11-13-33(55)25-37-35-23-31(49)15-17-39(35)57-21-22-58-40-18-16-32(50)24-36(40)38(44(58)43(37)57)26-34-14-12-20-56(34)48(62)42(28(4)10-2)54-46(60)30(6)52-8/h15-18,23-24,27-30,33-34,41-42,51-52H,9-14,19-22,25-26H2,1-8H3,(H,53,59)(H,54,60)/t27?,28?,29-,30-,33-,34-,41-,42-/m0/s1. The molecule has 3 aliphatic rings. The van der Waals surface area contributed by atoms with Crippen molar-refractivity contribution in [1.82, 2.24) is 40.2 Å². The zero-order valence-electron chi connectivity index (χ0n) is 37.7. The van der Waals surface area contributed by atoms with E-state index in [1.54, 1.807) is 40.1 Å². The molecule has 2 saturated heterocycles. The lowest BCUT2D eigenvalue weighted by Crippen LogP contribution is -2.56. The fourth-order valence-electron chi connectivity index (χ4n) is 10.1. The smallest absolute Gasteiger partial charge is 0.245 e. The Hall–Kier alpha value is -4.82. The highest BCUT2D eigenvalue weighted by molar-refractivity contribution is 5.98. The average molecular weight is 857 g/mol. The van der Waals surface area contributed by atoms with E-state index in [1.807, 2.05) is 49.6 Å². The molecule has 14 heteroatoms. The first-order valence-electron chi connectivity index (χ1n) is 22.9. The number of carbonyl (C=O) groups is 4. The van der Waals surface area contributed by atoms with E-state index in [-0.39, 0.29) is 59.2 Å². The molecule has 7 rings (SSSR count). The van der Waals surface area contributed by atoms with Crippen LogP contribution in [0.2, 0.25) is 0 Å². The lowest BCUT2D eigenvalue weighted by molar-refractivity contribution is -0.139. The van der Waals surface area contributed by atoms with Crippen LogP contribution in [0.4, 0.5) is 8.78 Å². The molecular weight excluding hydrogens is 791 g/mol. The predicted molar refractivity (Wildman–Crippen MR) is 239 cm³/mol. The third-order valence-electron chi connectivity index (χ3n) is 14.4. The van der Waals surface area contributed by atoms with Crippen LogP contribution in [0.5, 0.6) is 0 Å². The number of nitrogens with zero attached hydrogens (tertiary/aromatic N) is 4. The number of likely N-dealkylation sites (N-methyl/N-ethyl adjacent to an activating group) is 2. The van der Waals surface area contributed by atoms with E-state index >= 15 is 8.78 Å². The van der Waals surface area contributed by atoms with Gasteiger partial charge >= 0.3 is 0 Å². The Kier molecular flexibility index (Phi) is 13.8. The molecule has 336 valence electrons. The van der Waals surface area contributed by atoms with Gasteiger partial charge in [-0.1, -0.05) is 40.5 Å². The Morgan fingerprint density at radius 1 is 0.629 bits per heavy atom. The van der Waals surface area contributed by atoms with Crippen LogP contribution in [0.1, 0.15) is 91.2 Å². The number of hydrogen-bond donors (Lipinski definition) is 4. The maximum atomic E-state index is 15.4. The number of aromatic nitrogens is 2. The lowest BCUT2D eigenvalue weighted by atomic mass is 9.93. The molecule has 4 aromatic rings. The van der Waals surface area contributed by atoms with Crippen LogP contribution in [0.15, 0.2) is 36.4 Å². The zero-order chi connectivity index (χ0) is 44.6. The molecule has 12 nitrogen and oxygen atoms in total. The summed E-state index contributed by atoms with van der Waals surface area (Å²) in [5.74, 6) is -1.56. The molecule has 0 aliphatic carbocycles. The summed E-state index contributed by atoms with van der Waals surface area (Å²) in [6.07, 6.45) is 5.45. The van der Waals surface area contributed by atoms with Crippen molar-refractivity contribution in [3.8, 4) is 11.4 Å². The molecule has 0 bridgehead atoms. The molecule has 4 N–H and O–H groups in total. The van der Waals surface area contributed by atoms with Gasteiger partial charge in [0.25, 0.3) is 0 Å². The normalized spacial score (nSPS) is 20.4. The van der Waals surface area contributed by atoms with Crippen molar-refractivity contribution in [3.63, 3.8) is 0 Å². The SMILES string of the molecule is CCC(C)[C@H](NC(=O)[C@H](C)NC)C(=O)N1CCC[C@H]1Cc1c2n(c3ccc(F)cc13)CCn1c-2c(C[C@@H]2CCCN2C(=O)[C@@H](NC(=O)[C@H](C)NC)C(C)CC)c2cc(F)ccc21. The van der Waals surface area contributed by atoms with Crippen LogP contribution in [-0.4, -0.2) is 106 Å². The minimum Gasteiger partial charge on any atom is -0.343 e. The maximum absolute atomic E-state index is 15.4. The number of nitrogens with one attached hydrogen (secondary N) is 4. The van der Waals surface area contributed by atoms with Gasteiger partial charge in [0.2, 0.25) is 23.6 Å². The Balaban J connectivity index is 1.31. The Bertz CT molecular complexity index is 2160. The second kappa shape index (κ2) is 18.9. The minimum absolute atomic E-state index is 0.0942. The number of likely N-dealkylation sites (tertiary alicyclic amines) is 2. The van der Waals surface area contributed by atoms with Gasteiger partial charge < -0.3 is 40.2 Å². The molecule has 5 heterocycles. The third-order valence-corrected chi connectivity index (χ3v) is 14.4. The van der Waals surface area contributed by atoms with Crippen molar-refractivity contribution < 1.29 is 28.0 Å². The van der Waals surface area contributed by atoms with E-state index in [9.17, 15) is 19.2 Å². The molecule has 0 spiro atoms. The first kappa shape index (κ1) is 45.2. The van der Waals surface area contributed by atoms with Gasteiger partial charge in [0.1, 0.15) is 23.7 Å². The number of rotatable bonds is 16. The highest BCUT2D eigenvalue weighted by Gasteiger charge is 2.41. The third kappa shape index (κ3) is 8.48. The maximum Gasteiger partial charge on any atom is 0.245 e. The molecule has 8 atom stereocenters. The molecule has 2 fully saturated rings. The number of fused-ring (bicyclic) bond motifs is 7. The molecule has 3 aliphatic heterocycles. The Morgan fingerprint density at radius 2 is 1.02 bits per heavy atom. The van der Waals surface area contributed by atoms with Crippen molar-refractivity contribution in [3.05, 3.63) is 59.2 Å². The topological polar surface area (TPSA) is 133 Å². The molecular formula is C48H66F2N8O4.